The highest BCUT2D eigenvalue weighted by Gasteiger charge is 2.31. The second-order valence-electron chi connectivity index (χ2n) is 9.12. The fraction of sp³-hybridized carbons (Fsp3) is 0.172. The van der Waals surface area contributed by atoms with E-state index in [4.69, 9.17) is 0 Å². The van der Waals surface area contributed by atoms with Crippen LogP contribution < -0.4 is 5.32 Å². The topological polar surface area (TPSA) is 88.5 Å². The lowest BCUT2D eigenvalue weighted by atomic mass is 10.1. The minimum Gasteiger partial charge on any atom is -0.356 e. The summed E-state index contributed by atoms with van der Waals surface area (Å²) in [5.41, 5.74) is 5.57. The van der Waals surface area contributed by atoms with Crippen molar-refractivity contribution < 1.29 is 9.18 Å². The summed E-state index contributed by atoms with van der Waals surface area (Å²) in [7, 11) is 0. The SMILES string of the molecule is Cc1cc(C#Cc2ccncc2)cc(C(=O)NC(c2cc3ccccc3[nH]2)c2ncn3c2C[C@@H](F)C3)n1. The number of rotatable bonds is 4. The summed E-state index contributed by atoms with van der Waals surface area (Å²) in [6.07, 6.45) is 4.31. The number of para-hydroxylation sites is 1. The van der Waals surface area contributed by atoms with Crippen molar-refractivity contribution in [1.82, 2.24) is 29.8 Å². The van der Waals surface area contributed by atoms with E-state index in [0.717, 1.165) is 27.9 Å². The van der Waals surface area contributed by atoms with Crippen molar-refractivity contribution in [3.8, 4) is 11.8 Å². The smallest absolute Gasteiger partial charge is 0.270 e. The van der Waals surface area contributed by atoms with Crippen LogP contribution in [0, 0.1) is 18.8 Å². The van der Waals surface area contributed by atoms with Gasteiger partial charge in [-0.2, -0.15) is 0 Å². The summed E-state index contributed by atoms with van der Waals surface area (Å²) < 4.78 is 16.0. The summed E-state index contributed by atoms with van der Waals surface area (Å²) >= 11 is 0. The molecule has 1 aliphatic heterocycles. The van der Waals surface area contributed by atoms with Crippen LogP contribution >= 0.6 is 0 Å². The van der Waals surface area contributed by atoms with Gasteiger partial charge >= 0.3 is 0 Å². The molecule has 182 valence electrons. The van der Waals surface area contributed by atoms with Crippen LogP contribution in [0.2, 0.25) is 0 Å². The maximum Gasteiger partial charge on any atom is 0.270 e. The normalized spacial score (nSPS) is 15.1. The molecule has 0 radical (unpaired) electrons. The molecule has 1 aliphatic rings. The Bertz CT molecular complexity index is 1640. The zero-order valence-corrected chi connectivity index (χ0v) is 20.1. The lowest BCUT2D eigenvalue weighted by molar-refractivity contribution is 0.0936. The van der Waals surface area contributed by atoms with Gasteiger partial charge in [-0.1, -0.05) is 30.0 Å². The minimum absolute atomic E-state index is 0.249. The Kier molecular flexibility index (Phi) is 5.73. The third kappa shape index (κ3) is 4.59. The van der Waals surface area contributed by atoms with Gasteiger partial charge in [-0.05, 0) is 48.7 Å². The Balaban J connectivity index is 1.35. The molecule has 0 saturated heterocycles. The van der Waals surface area contributed by atoms with E-state index in [1.54, 1.807) is 24.8 Å². The Hall–Kier alpha value is -4.77. The zero-order valence-electron chi connectivity index (χ0n) is 20.1. The number of amides is 1. The molecule has 1 aromatic carbocycles. The van der Waals surface area contributed by atoms with E-state index < -0.39 is 12.2 Å². The molecular weight excluding hydrogens is 467 g/mol. The number of H-pyrrole nitrogens is 1. The largest absolute Gasteiger partial charge is 0.356 e. The van der Waals surface area contributed by atoms with Crippen molar-refractivity contribution in [1.29, 1.82) is 0 Å². The van der Waals surface area contributed by atoms with Crippen LogP contribution in [-0.2, 0) is 13.0 Å². The summed E-state index contributed by atoms with van der Waals surface area (Å²) in [5, 5.41) is 4.11. The number of nitrogens with one attached hydrogen (secondary N) is 2. The lowest BCUT2D eigenvalue weighted by Gasteiger charge is -2.17. The second-order valence-corrected chi connectivity index (χ2v) is 9.12. The van der Waals surface area contributed by atoms with Crippen LogP contribution in [0.5, 0.6) is 0 Å². The summed E-state index contributed by atoms with van der Waals surface area (Å²) in [6, 6.07) is 16.4. The predicted octanol–water partition coefficient (Wildman–Crippen LogP) is 4.28. The van der Waals surface area contributed by atoms with E-state index in [2.05, 4.69) is 37.1 Å². The lowest BCUT2D eigenvalue weighted by Crippen LogP contribution is -2.31. The molecule has 6 rings (SSSR count). The number of aryl methyl sites for hydroxylation is 1. The van der Waals surface area contributed by atoms with Gasteiger partial charge in [-0.15, -0.1) is 0 Å². The quantitative estimate of drug-likeness (QED) is 0.368. The molecule has 5 heterocycles. The summed E-state index contributed by atoms with van der Waals surface area (Å²) in [5.74, 6) is 5.83. The maximum absolute atomic E-state index is 14.2. The first kappa shape index (κ1) is 22.7. The first-order valence-corrected chi connectivity index (χ1v) is 12.0. The molecule has 0 saturated carbocycles. The Morgan fingerprint density at radius 2 is 1.95 bits per heavy atom. The van der Waals surface area contributed by atoms with Crippen LogP contribution in [0.15, 0.2) is 73.3 Å². The van der Waals surface area contributed by atoms with E-state index in [-0.39, 0.29) is 24.6 Å². The number of pyridine rings is 2. The highest BCUT2D eigenvalue weighted by atomic mass is 19.1. The molecule has 2 N–H and O–H groups in total. The van der Waals surface area contributed by atoms with Crippen molar-refractivity contribution in [2.24, 2.45) is 0 Å². The van der Waals surface area contributed by atoms with Crippen LogP contribution in [0.25, 0.3) is 10.9 Å². The Morgan fingerprint density at radius 3 is 2.78 bits per heavy atom. The second kappa shape index (κ2) is 9.36. The number of aromatic nitrogens is 5. The van der Waals surface area contributed by atoms with Gasteiger partial charge in [0.15, 0.2) is 0 Å². The highest BCUT2D eigenvalue weighted by Crippen LogP contribution is 2.30. The van der Waals surface area contributed by atoms with Crippen molar-refractivity contribution in [2.75, 3.05) is 0 Å². The standard InChI is InChI=1S/C29H23FN6O/c1-18-12-20(7-6-19-8-10-31-11-9-19)13-25(33-18)29(37)35-27(24-14-21-4-2-3-5-23(21)34-24)28-26-15-22(30)16-36(26)17-32-28/h2-5,8-14,17,22,27,34H,15-16H2,1H3,(H,35,37)/t22-,27?/m1/s1. The fourth-order valence-electron chi connectivity index (χ4n) is 4.72. The molecule has 4 aromatic heterocycles. The number of fused-ring (bicyclic) bond motifs is 2. The maximum atomic E-state index is 14.2. The first-order chi connectivity index (χ1) is 18.0. The van der Waals surface area contributed by atoms with E-state index >= 15 is 0 Å². The number of nitrogens with zero attached hydrogens (tertiary/aromatic N) is 4. The molecule has 0 spiro atoms. The average Bonchev–Trinajstić information content (AvgIpc) is 3.60. The van der Waals surface area contributed by atoms with Gasteiger partial charge in [0.2, 0.25) is 0 Å². The van der Waals surface area contributed by atoms with E-state index in [1.165, 1.54) is 0 Å². The fourth-order valence-corrected chi connectivity index (χ4v) is 4.72. The predicted molar refractivity (Wildman–Crippen MR) is 138 cm³/mol. The number of alkyl halides is 1. The van der Waals surface area contributed by atoms with Gasteiger partial charge < -0.3 is 14.9 Å². The molecule has 0 aliphatic carbocycles. The number of hydrogen-bond donors (Lipinski definition) is 2. The van der Waals surface area contributed by atoms with E-state index in [0.29, 0.717) is 17.0 Å². The van der Waals surface area contributed by atoms with Gasteiger partial charge in [-0.3, -0.25) is 9.78 Å². The molecule has 1 unspecified atom stereocenters. The molecular formula is C29H23FN6O. The van der Waals surface area contributed by atoms with Crippen LogP contribution in [0.1, 0.15) is 50.4 Å². The van der Waals surface area contributed by atoms with E-state index in [1.807, 2.05) is 60.0 Å². The highest BCUT2D eigenvalue weighted by molar-refractivity contribution is 5.93. The molecule has 1 amide bonds. The van der Waals surface area contributed by atoms with Gasteiger partial charge in [0.25, 0.3) is 5.91 Å². The van der Waals surface area contributed by atoms with Gasteiger partial charge in [-0.25, -0.2) is 14.4 Å². The van der Waals surface area contributed by atoms with Crippen molar-refractivity contribution in [2.45, 2.75) is 32.1 Å². The number of halogens is 1. The number of hydrogen-bond acceptors (Lipinski definition) is 4. The monoisotopic (exact) mass is 490 g/mol. The van der Waals surface area contributed by atoms with E-state index in [9.17, 15) is 9.18 Å². The van der Waals surface area contributed by atoms with Crippen molar-refractivity contribution >= 4 is 16.8 Å². The molecule has 8 heteroatoms. The number of carbonyl (C=O) groups is 1. The van der Waals surface area contributed by atoms with Crippen molar-refractivity contribution in [3.05, 3.63) is 113 Å². The third-order valence-electron chi connectivity index (χ3n) is 6.42. The number of imidazole rings is 1. The molecule has 7 nitrogen and oxygen atoms in total. The van der Waals surface area contributed by atoms with Gasteiger partial charge in [0.1, 0.15) is 17.9 Å². The molecule has 5 aromatic rings. The number of benzene rings is 1. The summed E-state index contributed by atoms with van der Waals surface area (Å²) in [4.78, 5) is 30.0. The minimum atomic E-state index is -0.962. The van der Waals surface area contributed by atoms with Crippen molar-refractivity contribution in [3.63, 3.8) is 0 Å². The van der Waals surface area contributed by atoms with Crippen LogP contribution in [-0.4, -0.2) is 36.6 Å². The van der Waals surface area contributed by atoms with Crippen LogP contribution in [0.4, 0.5) is 4.39 Å². The molecule has 37 heavy (non-hydrogen) atoms. The summed E-state index contributed by atoms with van der Waals surface area (Å²) in [6.45, 7) is 2.10. The third-order valence-corrected chi connectivity index (χ3v) is 6.42. The number of carbonyl (C=O) groups excluding carboxylic acids is 1. The van der Waals surface area contributed by atoms with Crippen LogP contribution in [0.3, 0.4) is 0 Å². The average molecular weight is 491 g/mol. The Morgan fingerprint density at radius 1 is 1.14 bits per heavy atom. The zero-order chi connectivity index (χ0) is 25.4. The van der Waals surface area contributed by atoms with Gasteiger partial charge in [0, 0.05) is 52.5 Å². The van der Waals surface area contributed by atoms with Gasteiger partial charge in [0.05, 0.1) is 18.6 Å². The number of aromatic amines is 1. The molecule has 0 fully saturated rings. The molecule has 2 atom stereocenters. The molecule has 0 bridgehead atoms. The first-order valence-electron chi connectivity index (χ1n) is 12.0. The Labute approximate surface area is 212 Å².